The minimum Gasteiger partial charge on any atom is -0.481 e. The molecule has 0 rings (SSSR count). The lowest BCUT2D eigenvalue weighted by molar-refractivity contribution is -0.137. The van der Waals surface area contributed by atoms with Gasteiger partial charge in [0.15, 0.2) is 0 Å². The predicted octanol–water partition coefficient (Wildman–Crippen LogP) is 4.25. The molecule has 0 fully saturated rings. The van der Waals surface area contributed by atoms with Gasteiger partial charge in [-0.3, -0.25) is 9.59 Å². The summed E-state index contributed by atoms with van der Waals surface area (Å²) in [7, 11) is 0. The number of carbonyl (C=O) groups is 2. The second-order valence-corrected chi connectivity index (χ2v) is 5.80. The standard InChI is InChI=1S/C18H33NO3/c1-4-11-16(12-9-7-8-10-13-17(20)21)18(22)19(14-5-2)15-6-3/h4,11,16H,5-10,12-15H2,1-3H3,(H,20,21)/b11-4-. The van der Waals surface area contributed by atoms with Crippen molar-refractivity contribution in [3.63, 3.8) is 0 Å². The van der Waals surface area contributed by atoms with Crippen molar-refractivity contribution < 1.29 is 14.7 Å². The number of amides is 1. The zero-order valence-electron chi connectivity index (χ0n) is 14.5. The Morgan fingerprint density at radius 1 is 1.05 bits per heavy atom. The van der Waals surface area contributed by atoms with Crippen molar-refractivity contribution in [3.05, 3.63) is 12.2 Å². The van der Waals surface area contributed by atoms with Crippen LogP contribution in [-0.2, 0) is 9.59 Å². The minimum absolute atomic E-state index is 0.0254. The molecule has 1 N–H and O–H groups in total. The summed E-state index contributed by atoms with van der Waals surface area (Å²) >= 11 is 0. The first kappa shape index (κ1) is 20.7. The number of allylic oxidation sites excluding steroid dienone is 1. The van der Waals surface area contributed by atoms with Crippen LogP contribution >= 0.6 is 0 Å². The summed E-state index contributed by atoms with van der Waals surface area (Å²) in [5.41, 5.74) is 0. The molecule has 0 spiro atoms. The normalized spacial score (nSPS) is 12.5. The summed E-state index contributed by atoms with van der Waals surface area (Å²) in [5, 5.41) is 8.60. The lowest BCUT2D eigenvalue weighted by atomic mass is 9.98. The summed E-state index contributed by atoms with van der Waals surface area (Å²) in [6.07, 6.45) is 10.7. The van der Waals surface area contributed by atoms with Crippen LogP contribution in [0.25, 0.3) is 0 Å². The summed E-state index contributed by atoms with van der Waals surface area (Å²) in [6, 6.07) is 0. The molecule has 4 nitrogen and oxygen atoms in total. The van der Waals surface area contributed by atoms with Gasteiger partial charge in [-0.15, -0.1) is 0 Å². The van der Waals surface area contributed by atoms with Crippen LogP contribution in [0, 0.1) is 5.92 Å². The van der Waals surface area contributed by atoms with Crippen molar-refractivity contribution >= 4 is 11.9 Å². The van der Waals surface area contributed by atoms with Crippen LogP contribution in [0.4, 0.5) is 0 Å². The van der Waals surface area contributed by atoms with Gasteiger partial charge >= 0.3 is 5.97 Å². The van der Waals surface area contributed by atoms with E-state index >= 15 is 0 Å². The molecule has 0 aromatic rings. The van der Waals surface area contributed by atoms with E-state index < -0.39 is 5.97 Å². The van der Waals surface area contributed by atoms with Gasteiger partial charge in [-0.25, -0.2) is 0 Å². The van der Waals surface area contributed by atoms with E-state index in [-0.39, 0.29) is 18.2 Å². The lowest BCUT2D eigenvalue weighted by Gasteiger charge is -2.25. The number of aliphatic carboxylic acids is 1. The Morgan fingerprint density at radius 3 is 2.14 bits per heavy atom. The summed E-state index contributed by atoms with van der Waals surface area (Å²) in [6.45, 7) is 7.82. The second kappa shape index (κ2) is 13.4. The maximum Gasteiger partial charge on any atom is 0.303 e. The first-order valence-electron chi connectivity index (χ1n) is 8.70. The van der Waals surface area contributed by atoms with Crippen molar-refractivity contribution in [2.75, 3.05) is 13.1 Å². The van der Waals surface area contributed by atoms with Gasteiger partial charge in [0.1, 0.15) is 0 Å². The van der Waals surface area contributed by atoms with Crippen LogP contribution < -0.4 is 0 Å². The SMILES string of the molecule is C/C=C\C(CCCCCCC(=O)O)C(=O)N(CCC)CCC. The molecule has 128 valence electrons. The van der Waals surface area contributed by atoms with Gasteiger partial charge in [0.25, 0.3) is 0 Å². The van der Waals surface area contributed by atoms with Crippen LogP contribution in [-0.4, -0.2) is 35.0 Å². The smallest absolute Gasteiger partial charge is 0.303 e. The average molecular weight is 311 g/mol. The van der Waals surface area contributed by atoms with Gasteiger partial charge < -0.3 is 10.0 Å². The summed E-state index contributed by atoms with van der Waals surface area (Å²) in [4.78, 5) is 25.1. The molecule has 0 bridgehead atoms. The second-order valence-electron chi connectivity index (χ2n) is 5.80. The van der Waals surface area contributed by atoms with Crippen LogP contribution in [0.2, 0.25) is 0 Å². The molecule has 0 aromatic heterocycles. The number of carboxylic acids is 1. The largest absolute Gasteiger partial charge is 0.481 e. The van der Waals surface area contributed by atoms with Gasteiger partial charge in [-0.1, -0.05) is 45.3 Å². The zero-order chi connectivity index (χ0) is 16.8. The molecule has 0 heterocycles. The van der Waals surface area contributed by atoms with Gasteiger partial charge in [-0.2, -0.15) is 0 Å². The predicted molar refractivity (Wildman–Crippen MR) is 90.8 cm³/mol. The summed E-state index contributed by atoms with van der Waals surface area (Å²) in [5.74, 6) is -0.508. The molecule has 0 aromatic carbocycles. The highest BCUT2D eigenvalue weighted by molar-refractivity contribution is 5.80. The molecular weight excluding hydrogens is 278 g/mol. The van der Waals surface area contributed by atoms with E-state index in [1.165, 1.54) is 0 Å². The van der Waals surface area contributed by atoms with Gasteiger partial charge in [0.2, 0.25) is 5.91 Å². The average Bonchev–Trinajstić information content (AvgIpc) is 2.48. The van der Waals surface area contributed by atoms with Crippen molar-refractivity contribution in [2.45, 2.75) is 72.1 Å². The van der Waals surface area contributed by atoms with E-state index in [9.17, 15) is 9.59 Å². The topological polar surface area (TPSA) is 57.6 Å². The quantitative estimate of drug-likeness (QED) is 0.408. The highest BCUT2D eigenvalue weighted by Crippen LogP contribution is 2.16. The van der Waals surface area contributed by atoms with Crippen LogP contribution in [0.5, 0.6) is 0 Å². The third kappa shape index (κ3) is 9.59. The monoisotopic (exact) mass is 311 g/mol. The molecular formula is C18H33NO3. The Balaban J connectivity index is 4.27. The molecule has 0 aliphatic carbocycles. The summed E-state index contributed by atoms with van der Waals surface area (Å²) < 4.78 is 0. The Hall–Kier alpha value is -1.32. The number of rotatable bonds is 13. The first-order chi connectivity index (χ1) is 10.6. The highest BCUT2D eigenvalue weighted by atomic mass is 16.4. The molecule has 1 atom stereocenters. The maximum absolute atomic E-state index is 12.6. The van der Waals surface area contributed by atoms with E-state index in [0.29, 0.717) is 0 Å². The number of unbranched alkanes of at least 4 members (excludes halogenated alkanes) is 3. The molecule has 1 amide bonds. The van der Waals surface area contributed by atoms with Gasteiger partial charge in [0.05, 0.1) is 5.92 Å². The van der Waals surface area contributed by atoms with Gasteiger partial charge in [0, 0.05) is 19.5 Å². The van der Waals surface area contributed by atoms with Crippen molar-refractivity contribution in [2.24, 2.45) is 5.92 Å². The van der Waals surface area contributed by atoms with E-state index in [4.69, 9.17) is 5.11 Å². The Morgan fingerprint density at radius 2 is 1.64 bits per heavy atom. The molecule has 4 heteroatoms. The fourth-order valence-corrected chi connectivity index (χ4v) is 2.63. The number of hydrogen-bond donors (Lipinski definition) is 1. The molecule has 0 saturated carbocycles. The highest BCUT2D eigenvalue weighted by Gasteiger charge is 2.20. The molecule has 0 saturated heterocycles. The maximum atomic E-state index is 12.6. The third-order valence-electron chi connectivity index (χ3n) is 3.70. The zero-order valence-corrected chi connectivity index (χ0v) is 14.5. The third-order valence-corrected chi connectivity index (χ3v) is 3.70. The molecule has 22 heavy (non-hydrogen) atoms. The molecule has 0 radical (unpaired) electrons. The molecule has 0 aliphatic heterocycles. The van der Waals surface area contributed by atoms with Crippen molar-refractivity contribution in [1.82, 2.24) is 4.90 Å². The Kier molecular flexibility index (Phi) is 12.5. The van der Waals surface area contributed by atoms with Gasteiger partial charge in [-0.05, 0) is 32.6 Å². The first-order valence-corrected chi connectivity index (χ1v) is 8.70. The number of carbonyl (C=O) groups excluding carboxylic acids is 1. The number of carboxylic acid groups (broad SMARTS) is 1. The fraction of sp³-hybridized carbons (Fsp3) is 0.778. The van der Waals surface area contributed by atoms with Crippen LogP contribution in [0.1, 0.15) is 72.1 Å². The van der Waals surface area contributed by atoms with Crippen LogP contribution in [0.15, 0.2) is 12.2 Å². The number of hydrogen-bond acceptors (Lipinski definition) is 2. The molecule has 0 aliphatic rings. The fourth-order valence-electron chi connectivity index (χ4n) is 2.63. The van der Waals surface area contributed by atoms with E-state index in [1.54, 1.807) is 0 Å². The van der Waals surface area contributed by atoms with E-state index in [0.717, 1.165) is 58.0 Å². The van der Waals surface area contributed by atoms with Crippen molar-refractivity contribution in [1.29, 1.82) is 0 Å². The minimum atomic E-state index is -0.725. The Labute approximate surface area is 135 Å². The lowest BCUT2D eigenvalue weighted by Crippen LogP contribution is -2.36. The van der Waals surface area contributed by atoms with Crippen molar-refractivity contribution in [3.8, 4) is 0 Å². The van der Waals surface area contributed by atoms with Crippen LogP contribution in [0.3, 0.4) is 0 Å². The van der Waals surface area contributed by atoms with E-state index in [1.807, 2.05) is 24.0 Å². The Bertz CT molecular complexity index is 333. The van der Waals surface area contributed by atoms with E-state index in [2.05, 4.69) is 13.8 Å². The molecule has 1 unspecified atom stereocenters. The number of nitrogens with zero attached hydrogens (tertiary/aromatic N) is 1.